The summed E-state index contributed by atoms with van der Waals surface area (Å²) in [5.74, 6) is 0.558. The van der Waals surface area contributed by atoms with Gasteiger partial charge >= 0.3 is 0 Å². The lowest BCUT2D eigenvalue weighted by Gasteiger charge is -2.33. The molecule has 0 radical (unpaired) electrons. The second kappa shape index (κ2) is 11.9. The maximum Gasteiger partial charge on any atom is 0.160 e. The van der Waals surface area contributed by atoms with Gasteiger partial charge in [0.2, 0.25) is 0 Å². The minimum atomic E-state index is -0.474. The molecule has 0 heterocycles. The van der Waals surface area contributed by atoms with Crippen LogP contribution < -0.4 is 0 Å². The maximum atomic E-state index is 4.75. The monoisotopic (exact) mass is 581 g/mol. The second-order valence-electron chi connectivity index (χ2n) is 11.9. The summed E-state index contributed by atoms with van der Waals surface area (Å²) in [6.07, 6.45) is 11.4. The van der Waals surface area contributed by atoms with E-state index < -0.39 is 5.41 Å². The summed E-state index contributed by atoms with van der Waals surface area (Å²) in [5.41, 5.74) is 10.2. The Morgan fingerprint density at radius 3 is 2.04 bits per heavy atom. The van der Waals surface area contributed by atoms with Crippen LogP contribution in [0.5, 0.6) is 0 Å². The molecule has 0 spiro atoms. The Kier molecular flexibility index (Phi) is 7.52. The number of amidine groups is 1. The highest BCUT2D eigenvalue weighted by Gasteiger charge is 2.46. The van der Waals surface area contributed by atoms with Gasteiger partial charge in [0.1, 0.15) is 6.34 Å². The average molecular weight is 582 g/mol. The van der Waals surface area contributed by atoms with E-state index in [1.54, 1.807) is 6.34 Å². The molecule has 2 aliphatic rings. The van der Waals surface area contributed by atoms with Crippen molar-refractivity contribution in [2.24, 2.45) is 15.0 Å². The first-order chi connectivity index (χ1) is 22.1. The van der Waals surface area contributed by atoms with Gasteiger partial charge in [-0.2, -0.15) is 0 Å². The summed E-state index contributed by atoms with van der Waals surface area (Å²) < 4.78 is 0. The lowest BCUT2D eigenvalue weighted by molar-refractivity contribution is 0.599. The lowest BCUT2D eigenvalue weighted by Crippen LogP contribution is -2.28. The molecule has 0 N–H and O–H groups in total. The van der Waals surface area contributed by atoms with Crippen molar-refractivity contribution in [2.45, 2.75) is 30.7 Å². The fourth-order valence-electron chi connectivity index (χ4n) is 7.05. The van der Waals surface area contributed by atoms with Gasteiger partial charge in [-0.05, 0) is 57.6 Å². The van der Waals surface area contributed by atoms with Crippen LogP contribution in [-0.4, -0.2) is 18.9 Å². The fraction of sp³-hybridized carbons (Fsp3) is 0.119. The third kappa shape index (κ3) is 4.91. The molecule has 3 nitrogen and oxygen atoms in total. The molecule has 5 aromatic rings. The topological polar surface area (TPSA) is 37.1 Å². The number of allylic oxidation sites excluding steroid dienone is 4. The van der Waals surface area contributed by atoms with Gasteiger partial charge in [0.15, 0.2) is 5.84 Å². The Labute approximate surface area is 265 Å². The molecule has 218 valence electrons. The summed E-state index contributed by atoms with van der Waals surface area (Å²) in [4.78, 5) is 13.8. The molecule has 0 amide bonds. The van der Waals surface area contributed by atoms with Crippen LogP contribution in [0, 0.1) is 0 Å². The molecule has 3 heteroatoms. The number of nitrogens with zero attached hydrogens (tertiary/aromatic N) is 3. The largest absolute Gasteiger partial charge is 0.269 e. The predicted molar refractivity (Wildman–Crippen MR) is 189 cm³/mol. The van der Waals surface area contributed by atoms with Crippen LogP contribution in [-0.2, 0) is 17.4 Å². The van der Waals surface area contributed by atoms with Crippen molar-refractivity contribution >= 4 is 18.9 Å². The minimum Gasteiger partial charge on any atom is -0.269 e. The van der Waals surface area contributed by atoms with Gasteiger partial charge in [0.05, 0.1) is 12.0 Å². The summed E-state index contributed by atoms with van der Waals surface area (Å²) in [5, 5.41) is 0. The quantitative estimate of drug-likeness (QED) is 0.133. The van der Waals surface area contributed by atoms with Crippen molar-refractivity contribution in [3.8, 4) is 11.1 Å². The van der Waals surface area contributed by atoms with Crippen LogP contribution in [0.15, 0.2) is 167 Å². The standard InChI is InChI=1S/C42H35N3/c1-41(27-12-5-13-28-41)32-25-23-31(24-26-32)29-44-30-45-40(43-2)36-20-14-22-38-39(36)35-19-10-11-21-37(35)42(38,33-15-6-3-7-16-33)34-17-8-4-9-18-34/h3-27,30H,2,28-29H2,1H3/b44-30-,45-40-. The highest BCUT2D eigenvalue weighted by molar-refractivity contribution is 6.11. The smallest absolute Gasteiger partial charge is 0.160 e. The Morgan fingerprint density at radius 1 is 0.711 bits per heavy atom. The zero-order chi connectivity index (χ0) is 30.7. The Bertz CT molecular complexity index is 1920. The van der Waals surface area contributed by atoms with Crippen LogP contribution in [0.1, 0.15) is 52.3 Å². The Morgan fingerprint density at radius 2 is 1.38 bits per heavy atom. The van der Waals surface area contributed by atoms with Crippen LogP contribution in [0.2, 0.25) is 0 Å². The lowest BCUT2D eigenvalue weighted by atomic mass is 9.67. The molecule has 0 bridgehead atoms. The molecular formula is C42H35N3. The Hall–Kier alpha value is -5.41. The molecule has 5 aromatic carbocycles. The van der Waals surface area contributed by atoms with Crippen LogP contribution >= 0.6 is 0 Å². The molecule has 1 atom stereocenters. The molecular weight excluding hydrogens is 546 g/mol. The highest BCUT2D eigenvalue weighted by atomic mass is 14.9. The van der Waals surface area contributed by atoms with Crippen molar-refractivity contribution < 1.29 is 0 Å². The summed E-state index contributed by atoms with van der Waals surface area (Å²) in [6, 6.07) is 45.5. The fourth-order valence-corrected chi connectivity index (χ4v) is 7.05. The third-order valence-corrected chi connectivity index (χ3v) is 9.28. The van der Waals surface area contributed by atoms with E-state index in [4.69, 9.17) is 4.99 Å². The van der Waals surface area contributed by atoms with Crippen LogP contribution in [0.4, 0.5) is 0 Å². The van der Waals surface area contributed by atoms with Crippen LogP contribution in [0.25, 0.3) is 11.1 Å². The van der Waals surface area contributed by atoms with Crippen molar-refractivity contribution in [3.05, 3.63) is 191 Å². The van der Waals surface area contributed by atoms with E-state index in [9.17, 15) is 0 Å². The highest BCUT2D eigenvalue weighted by Crippen LogP contribution is 2.56. The number of aliphatic imine (C=N–C) groups is 3. The molecule has 0 saturated carbocycles. The van der Waals surface area contributed by atoms with E-state index in [2.05, 4.69) is 175 Å². The number of hydrogen-bond acceptors (Lipinski definition) is 1. The van der Waals surface area contributed by atoms with Gasteiger partial charge in [0, 0.05) is 11.0 Å². The Balaban J connectivity index is 1.26. The average Bonchev–Trinajstić information content (AvgIpc) is 3.41. The molecule has 0 fully saturated rings. The SMILES string of the molecule is C=N/C(=N\C=N/Cc1ccc(C2(C)C=CC=CC2)cc1)c1cccc2c1-c1ccccc1C2(c1ccccc1)c1ccccc1. The predicted octanol–water partition coefficient (Wildman–Crippen LogP) is 9.50. The normalized spacial score (nSPS) is 18.1. The van der Waals surface area contributed by atoms with Gasteiger partial charge in [-0.15, -0.1) is 0 Å². The van der Waals surface area contributed by atoms with Gasteiger partial charge in [-0.25, -0.2) is 9.98 Å². The zero-order valence-corrected chi connectivity index (χ0v) is 25.5. The zero-order valence-electron chi connectivity index (χ0n) is 25.5. The van der Waals surface area contributed by atoms with E-state index in [0.29, 0.717) is 12.4 Å². The van der Waals surface area contributed by atoms with Gasteiger partial charge in [0.25, 0.3) is 0 Å². The van der Waals surface area contributed by atoms with E-state index in [0.717, 1.165) is 23.1 Å². The van der Waals surface area contributed by atoms with E-state index in [1.807, 2.05) is 0 Å². The maximum absolute atomic E-state index is 4.75. The van der Waals surface area contributed by atoms with E-state index in [-0.39, 0.29) is 5.41 Å². The molecule has 1 unspecified atom stereocenters. The minimum absolute atomic E-state index is 0.0402. The first-order valence-corrected chi connectivity index (χ1v) is 15.5. The van der Waals surface area contributed by atoms with Crippen molar-refractivity contribution in [1.82, 2.24) is 0 Å². The van der Waals surface area contributed by atoms with Gasteiger partial charge < -0.3 is 0 Å². The van der Waals surface area contributed by atoms with Gasteiger partial charge in [-0.1, -0.05) is 159 Å². The van der Waals surface area contributed by atoms with Crippen molar-refractivity contribution in [1.29, 1.82) is 0 Å². The molecule has 0 saturated heterocycles. The first-order valence-electron chi connectivity index (χ1n) is 15.5. The first kappa shape index (κ1) is 28.4. The number of rotatable bonds is 7. The summed E-state index contributed by atoms with van der Waals surface area (Å²) >= 11 is 0. The molecule has 45 heavy (non-hydrogen) atoms. The van der Waals surface area contributed by atoms with Crippen molar-refractivity contribution in [3.63, 3.8) is 0 Å². The molecule has 2 aliphatic carbocycles. The number of fused-ring (bicyclic) bond motifs is 3. The third-order valence-electron chi connectivity index (χ3n) is 9.28. The number of benzene rings is 5. The molecule has 0 aromatic heterocycles. The van der Waals surface area contributed by atoms with Crippen molar-refractivity contribution in [2.75, 3.05) is 0 Å². The molecule has 0 aliphatic heterocycles. The summed E-state index contributed by atoms with van der Waals surface area (Å²) in [6.45, 7) is 6.74. The van der Waals surface area contributed by atoms with Crippen LogP contribution in [0.3, 0.4) is 0 Å². The van der Waals surface area contributed by atoms with E-state index in [1.165, 1.54) is 33.4 Å². The molecule has 7 rings (SSSR count). The van der Waals surface area contributed by atoms with Gasteiger partial charge in [-0.3, -0.25) is 4.99 Å². The number of hydrogen-bond donors (Lipinski definition) is 0. The second-order valence-corrected chi connectivity index (χ2v) is 11.9. The van der Waals surface area contributed by atoms with E-state index >= 15 is 0 Å². The summed E-state index contributed by atoms with van der Waals surface area (Å²) in [7, 11) is 0.